The number of aliphatic hydroxyl groups is 1. The molecule has 0 fully saturated rings. The fraction of sp³-hybridized carbons (Fsp3) is 0.643. The van der Waals surface area contributed by atoms with Crippen molar-refractivity contribution in [3.8, 4) is 0 Å². The quantitative estimate of drug-likeness (QED) is 0.813. The molecule has 0 aliphatic heterocycles. The molecule has 1 aromatic rings. The lowest BCUT2D eigenvalue weighted by Crippen LogP contribution is -2.24. The van der Waals surface area contributed by atoms with E-state index in [1.165, 1.54) is 0 Å². The zero-order chi connectivity index (χ0) is 12.3. The van der Waals surface area contributed by atoms with Gasteiger partial charge in [0.05, 0.1) is 11.8 Å². The van der Waals surface area contributed by atoms with Gasteiger partial charge in [-0.1, -0.05) is 12.2 Å². The van der Waals surface area contributed by atoms with Gasteiger partial charge in [0.15, 0.2) is 0 Å². The summed E-state index contributed by atoms with van der Waals surface area (Å²) in [5.74, 6) is 0.407. The Morgan fingerprint density at radius 1 is 1.47 bits per heavy atom. The van der Waals surface area contributed by atoms with Gasteiger partial charge in [-0.25, -0.2) is 0 Å². The average molecular weight is 234 g/mol. The monoisotopic (exact) mass is 234 g/mol. The lowest BCUT2D eigenvalue weighted by Gasteiger charge is -2.23. The summed E-state index contributed by atoms with van der Waals surface area (Å²) in [7, 11) is 0. The summed E-state index contributed by atoms with van der Waals surface area (Å²) in [5, 5.41) is 14.7. The third kappa shape index (κ3) is 3.19. The molecular formula is C14H22N2O. The minimum absolute atomic E-state index is 0.254. The van der Waals surface area contributed by atoms with Crippen molar-refractivity contribution in [1.82, 2.24) is 9.78 Å². The first-order valence-corrected chi connectivity index (χ1v) is 6.54. The summed E-state index contributed by atoms with van der Waals surface area (Å²) in [6, 6.07) is 2.40. The Balaban J connectivity index is 1.92. The molecule has 3 heteroatoms. The van der Waals surface area contributed by atoms with Gasteiger partial charge >= 0.3 is 0 Å². The highest BCUT2D eigenvalue weighted by Gasteiger charge is 2.20. The van der Waals surface area contributed by atoms with E-state index in [1.54, 1.807) is 0 Å². The van der Waals surface area contributed by atoms with E-state index in [9.17, 15) is 5.11 Å². The van der Waals surface area contributed by atoms with Crippen LogP contribution in [0.2, 0.25) is 0 Å². The molecule has 2 unspecified atom stereocenters. The molecule has 3 nitrogen and oxygen atoms in total. The Kier molecular flexibility index (Phi) is 4.00. The Morgan fingerprint density at radius 3 is 2.88 bits per heavy atom. The zero-order valence-electron chi connectivity index (χ0n) is 10.7. The van der Waals surface area contributed by atoms with Gasteiger partial charge in [-0.05, 0) is 45.1 Å². The molecule has 2 atom stereocenters. The van der Waals surface area contributed by atoms with Crippen LogP contribution in [0, 0.1) is 5.92 Å². The van der Waals surface area contributed by atoms with Crippen LogP contribution in [-0.2, 0) is 6.42 Å². The highest BCUT2D eigenvalue weighted by atomic mass is 16.3. The standard InChI is InChI=1S/C14H22N2O/c1-11(2)16-9-8-13(15-16)10-14(17)12-6-4-3-5-7-12/h3-4,8-9,11-12,14,17H,5-7,10H2,1-2H3. The van der Waals surface area contributed by atoms with E-state index in [1.807, 2.05) is 16.9 Å². The molecule has 94 valence electrons. The maximum absolute atomic E-state index is 10.2. The summed E-state index contributed by atoms with van der Waals surface area (Å²) < 4.78 is 1.95. The van der Waals surface area contributed by atoms with Crippen LogP contribution < -0.4 is 0 Å². The number of hydrogen-bond donors (Lipinski definition) is 1. The van der Waals surface area contributed by atoms with Crippen LogP contribution in [0.1, 0.15) is 44.8 Å². The summed E-state index contributed by atoms with van der Waals surface area (Å²) in [4.78, 5) is 0. The second kappa shape index (κ2) is 5.50. The Bertz CT molecular complexity index is 381. The molecule has 1 N–H and O–H groups in total. The second-order valence-electron chi connectivity index (χ2n) is 5.20. The molecule has 2 rings (SSSR count). The smallest absolute Gasteiger partial charge is 0.0650 e. The van der Waals surface area contributed by atoms with Gasteiger partial charge in [-0.3, -0.25) is 4.68 Å². The number of aliphatic hydroxyl groups excluding tert-OH is 1. The van der Waals surface area contributed by atoms with Gasteiger partial charge < -0.3 is 5.11 Å². The zero-order valence-corrected chi connectivity index (χ0v) is 10.7. The van der Waals surface area contributed by atoms with E-state index in [-0.39, 0.29) is 6.10 Å². The van der Waals surface area contributed by atoms with Gasteiger partial charge in [0.25, 0.3) is 0 Å². The first-order valence-electron chi connectivity index (χ1n) is 6.54. The predicted octanol–water partition coefficient (Wildman–Crippen LogP) is 2.72. The highest BCUT2D eigenvalue weighted by Crippen LogP contribution is 2.23. The van der Waals surface area contributed by atoms with Crippen molar-refractivity contribution in [2.75, 3.05) is 0 Å². The lowest BCUT2D eigenvalue weighted by atomic mass is 9.87. The number of nitrogens with zero attached hydrogens (tertiary/aromatic N) is 2. The van der Waals surface area contributed by atoms with Crippen molar-refractivity contribution in [2.24, 2.45) is 5.92 Å². The summed E-state index contributed by atoms with van der Waals surface area (Å²) in [6.07, 6.45) is 10.0. The summed E-state index contributed by atoms with van der Waals surface area (Å²) in [6.45, 7) is 4.22. The van der Waals surface area contributed by atoms with Crippen LogP contribution in [0.25, 0.3) is 0 Å². The van der Waals surface area contributed by atoms with Gasteiger partial charge in [-0.2, -0.15) is 5.10 Å². The molecular weight excluding hydrogens is 212 g/mol. The van der Waals surface area contributed by atoms with Crippen LogP contribution in [0.15, 0.2) is 24.4 Å². The predicted molar refractivity (Wildman–Crippen MR) is 68.8 cm³/mol. The minimum atomic E-state index is -0.254. The molecule has 0 saturated carbocycles. The molecule has 0 amide bonds. The lowest BCUT2D eigenvalue weighted by molar-refractivity contribution is 0.101. The first-order chi connectivity index (χ1) is 8.16. The van der Waals surface area contributed by atoms with E-state index < -0.39 is 0 Å². The SMILES string of the molecule is CC(C)n1ccc(CC(O)C2CC=CCC2)n1. The van der Waals surface area contributed by atoms with Crippen LogP contribution >= 0.6 is 0 Å². The Hall–Kier alpha value is -1.09. The van der Waals surface area contributed by atoms with E-state index >= 15 is 0 Å². The number of hydrogen-bond acceptors (Lipinski definition) is 2. The number of aromatic nitrogens is 2. The maximum atomic E-state index is 10.2. The molecule has 1 aliphatic rings. The first kappa shape index (κ1) is 12.4. The third-order valence-corrected chi connectivity index (χ3v) is 3.46. The van der Waals surface area contributed by atoms with E-state index in [0.29, 0.717) is 18.4 Å². The topological polar surface area (TPSA) is 38.0 Å². The summed E-state index contributed by atoms with van der Waals surface area (Å²) in [5.41, 5.74) is 1.00. The van der Waals surface area contributed by atoms with E-state index in [0.717, 1.165) is 25.0 Å². The van der Waals surface area contributed by atoms with Gasteiger partial charge in [0, 0.05) is 18.7 Å². The van der Waals surface area contributed by atoms with Crippen molar-refractivity contribution < 1.29 is 5.11 Å². The molecule has 0 aromatic carbocycles. The van der Waals surface area contributed by atoms with Crippen molar-refractivity contribution in [2.45, 2.75) is 51.7 Å². The molecule has 0 radical (unpaired) electrons. The largest absolute Gasteiger partial charge is 0.392 e. The Morgan fingerprint density at radius 2 is 2.29 bits per heavy atom. The van der Waals surface area contributed by atoms with Crippen molar-refractivity contribution >= 4 is 0 Å². The summed E-state index contributed by atoms with van der Waals surface area (Å²) >= 11 is 0. The minimum Gasteiger partial charge on any atom is -0.392 e. The van der Waals surface area contributed by atoms with E-state index in [4.69, 9.17) is 0 Å². The van der Waals surface area contributed by atoms with Crippen molar-refractivity contribution in [3.63, 3.8) is 0 Å². The fourth-order valence-corrected chi connectivity index (χ4v) is 2.32. The molecule has 0 bridgehead atoms. The average Bonchev–Trinajstić information content (AvgIpc) is 2.79. The van der Waals surface area contributed by atoms with Crippen LogP contribution in [-0.4, -0.2) is 21.0 Å². The number of rotatable bonds is 4. The van der Waals surface area contributed by atoms with Gasteiger partial charge in [0.1, 0.15) is 0 Å². The third-order valence-electron chi connectivity index (χ3n) is 3.46. The van der Waals surface area contributed by atoms with Crippen LogP contribution in [0.5, 0.6) is 0 Å². The molecule has 0 saturated heterocycles. The normalized spacial score (nSPS) is 22.0. The van der Waals surface area contributed by atoms with Gasteiger partial charge in [0.2, 0.25) is 0 Å². The van der Waals surface area contributed by atoms with Crippen LogP contribution in [0.4, 0.5) is 0 Å². The van der Waals surface area contributed by atoms with Crippen molar-refractivity contribution in [3.05, 3.63) is 30.1 Å². The molecule has 17 heavy (non-hydrogen) atoms. The highest BCUT2D eigenvalue weighted by molar-refractivity contribution is 5.03. The molecule has 1 aromatic heterocycles. The second-order valence-corrected chi connectivity index (χ2v) is 5.20. The van der Waals surface area contributed by atoms with Crippen molar-refractivity contribution in [1.29, 1.82) is 0 Å². The Labute approximate surface area is 103 Å². The van der Waals surface area contributed by atoms with E-state index in [2.05, 4.69) is 31.1 Å². The molecule has 1 heterocycles. The maximum Gasteiger partial charge on any atom is 0.0650 e. The van der Waals surface area contributed by atoms with Crippen LogP contribution in [0.3, 0.4) is 0 Å². The fourth-order valence-electron chi connectivity index (χ4n) is 2.32. The van der Waals surface area contributed by atoms with Gasteiger partial charge in [-0.15, -0.1) is 0 Å². The molecule has 1 aliphatic carbocycles. The number of allylic oxidation sites excluding steroid dienone is 2. The molecule has 0 spiro atoms.